The van der Waals surface area contributed by atoms with Crippen LogP contribution in [0.15, 0.2) is 182 Å². The van der Waals surface area contributed by atoms with Gasteiger partial charge in [-0.3, -0.25) is 0 Å². The summed E-state index contributed by atoms with van der Waals surface area (Å²) in [6.45, 7) is 8.65. The van der Waals surface area contributed by atoms with E-state index in [2.05, 4.69) is 210 Å². The van der Waals surface area contributed by atoms with E-state index in [9.17, 15) is 0 Å². The molecule has 0 saturated carbocycles. The molecular formula is C62H42. The second kappa shape index (κ2) is 13.0. The van der Waals surface area contributed by atoms with Gasteiger partial charge in [0.15, 0.2) is 0 Å². The Labute approximate surface area is 361 Å². The van der Waals surface area contributed by atoms with E-state index in [-0.39, 0.29) is 0 Å². The monoisotopic (exact) mass is 786 g/mol. The van der Waals surface area contributed by atoms with Crippen molar-refractivity contribution in [3.63, 3.8) is 0 Å². The Bertz CT molecular complexity index is 3680. The van der Waals surface area contributed by atoms with E-state index in [4.69, 9.17) is 0 Å². The minimum absolute atomic E-state index is 1.24. The summed E-state index contributed by atoms with van der Waals surface area (Å²) in [4.78, 5) is 0. The standard InChI is InChI=1S/C62H42/c1-35-5-13-39(14-6-35)43-21-23-47-51(27-43)59-33-53-49(57-31-45(29-55(47)61(57)59)41-17-9-37(3)10-18-41)25-26-50-54(53)34-60-52-28-44(40-15-7-36(2)8-16-40)22-24-48(52)56-30-46(32-58(50)62(56)60)42-19-11-38(4)12-20-42/h5-34H,1-4H3. The van der Waals surface area contributed by atoms with Crippen molar-refractivity contribution in [1.82, 2.24) is 0 Å². The Morgan fingerprint density at radius 2 is 0.371 bits per heavy atom. The molecule has 13 aromatic rings. The van der Waals surface area contributed by atoms with Crippen molar-refractivity contribution >= 4 is 86.2 Å². The van der Waals surface area contributed by atoms with Crippen molar-refractivity contribution in [2.45, 2.75) is 27.7 Å². The van der Waals surface area contributed by atoms with E-state index in [0.29, 0.717) is 0 Å². The first-order valence-corrected chi connectivity index (χ1v) is 21.9. The molecular weight excluding hydrogens is 745 g/mol. The van der Waals surface area contributed by atoms with E-state index in [1.54, 1.807) is 0 Å². The highest BCUT2D eigenvalue weighted by molar-refractivity contribution is 6.41. The molecule has 0 saturated heterocycles. The summed E-state index contributed by atoms with van der Waals surface area (Å²) >= 11 is 0. The number of hydrogen-bond donors (Lipinski definition) is 0. The molecule has 0 nitrogen and oxygen atoms in total. The van der Waals surface area contributed by atoms with Gasteiger partial charge in [-0.25, -0.2) is 0 Å². The maximum atomic E-state index is 2.53. The molecule has 0 aliphatic carbocycles. The summed E-state index contributed by atoms with van der Waals surface area (Å²) < 4.78 is 0. The molecule has 0 atom stereocenters. The molecule has 290 valence electrons. The average molecular weight is 787 g/mol. The molecule has 0 amide bonds. The third-order valence-corrected chi connectivity index (χ3v) is 14.0. The number of benzene rings is 11. The zero-order valence-electron chi connectivity index (χ0n) is 35.3. The van der Waals surface area contributed by atoms with Crippen LogP contribution < -0.4 is 0 Å². The largest absolute Gasteiger partial charge is 0.0587 e. The van der Waals surface area contributed by atoms with Crippen LogP contribution in [0.25, 0.3) is 131 Å². The van der Waals surface area contributed by atoms with Gasteiger partial charge in [0.05, 0.1) is 0 Å². The van der Waals surface area contributed by atoms with Crippen molar-refractivity contribution < 1.29 is 0 Å². The maximum Gasteiger partial charge on any atom is -0.00195 e. The van der Waals surface area contributed by atoms with Crippen molar-refractivity contribution in [1.29, 1.82) is 0 Å². The molecule has 0 fully saturated rings. The zero-order chi connectivity index (χ0) is 41.4. The van der Waals surface area contributed by atoms with Gasteiger partial charge >= 0.3 is 0 Å². The fourth-order valence-corrected chi connectivity index (χ4v) is 10.7. The SMILES string of the molecule is Cc1ccc(-c2ccc3c(c2)c2cc4c5cc6c7cc(-c8ccc(C)cc8)ccc7c7cc(-c8ccc(C)cc8)cc(c5ccc4c4cc(-c5ccc(C)cc5)cc3c42)c76)cc1. The summed E-state index contributed by atoms with van der Waals surface area (Å²) in [5.41, 5.74) is 15.1. The molecule has 0 N–H and O–H groups in total. The van der Waals surface area contributed by atoms with Gasteiger partial charge in [0.25, 0.3) is 0 Å². The minimum Gasteiger partial charge on any atom is -0.0587 e. The van der Waals surface area contributed by atoms with E-state index < -0.39 is 0 Å². The highest BCUT2D eigenvalue weighted by Crippen LogP contribution is 2.50. The van der Waals surface area contributed by atoms with E-state index >= 15 is 0 Å². The molecule has 0 aromatic heterocycles. The summed E-state index contributed by atoms with van der Waals surface area (Å²) in [6.07, 6.45) is 0. The van der Waals surface area contributed by atoms with Gasteiger partial charge in [0.2, 0.25) is 0 Å². The average Bonchev–Trinajstić information content (AvgIpc) is 3.79. The molecule has 0 heteroatoms. The lowest BCUT2D eigenvalue weighted by molar-refractivity contribution is 1.47. The quantitative estimate of drug-likeness (QED) is 0.156. The molecule has 0 aliphatic rings. The molecule has 0 heterocycles. The van der Waals surface area contributed by atoms with Crippen LogP contribution in [0.2, 0.25) is 0 Å². The van der Waals surface area contributed by atoms with E-state index in [1.807, 2.05) is 0 Å². The van der Waals surface area contributed by atoms with Crippen LogP contribution in [-0.2, 0) is 0 Å². The van der Waals surface area contributed by atoms with Crippen molar-refractivity contribution in [3.8, 4) is 44.5 Å². The first-order chi connectivity index (χ1) is 30.3. The van der Waals surface area contributed by atoms with Crippen LogP contribution in [0.1, 0.15) is 22.3 Å². The van der Waals surface area contributed by atoms with Crippen LogP contribution in [-0.4, -0.2) is 0 Å². The van der Waals surface area contributed by atoms with Crippen molar-refractivity contribution in [2.75, 3.05) is 0 Å². The summed E-state index contributed by atoms with van der Waals surface area (Å²) in [5, 5.41) is 21.1. The number of fused-ring (bicyclic) bond motifs is 11. The van der Waals surface area contributed by atoms with Gasteiger partial charge in [-0.15, -0.1) is 0 Å². The van der Waals surface area contributed by atoms with Crippen LogP contribution in [0.3, 0.4) is 0 Å². The molecule has 0 bridgehead atoms. The normalized spacial score (nSPS) is 12.2. The Hall–Kier alpha value is -7.54. The van der Waals surface area contributed by atoms with Gasteiger partial charge < -0.3 is 0 Å². The lowest BCUT2D eigenvalue weighted by Crippen LogP contribution is -1.86. The van der Waals surface area contributed by atoms with Crippen molar-refractivity contribution in [3.05, 3.63) is 204 Å². The molecule has 0 radical (unpaired) electrons. The lowest BCUT2D eigenvalue weighted by atomic mass is 9.89. The zero-order valence-corrected chi connectivity index (χ0v) is 35.3. The van der Waals surface area contributed by atoms with Crippen molar-refractivity contribution in [2.24, 2.45) is 0 Å². The number of aryl methyl sites for hydroxylation is 4. The number of hydrogen-bond acceptors (Lipinski definition) is 0. The molecule has 0 unspecified atom stereocenters. The third kappa shape index (κ3) is 5.20. The van der Waals surface area contributed by atoms with Gasteiger partial charge in [-0.05, 0) is 207 Å². The molecule has 13 aromatic carbocycles. The van der Waals surface area contributed by atoms with Gasteiger partial charge in [-0.2, -0.15) is 0 Å². The smallest absolute Gasteiger partial charge is 0.00195 e. The summed E-state index contributed by atoms with van der Waals surface area (Å²) in [6, 6.07) is 69.9. The molecule has 13 rings (SSSR count). The summed E-state index contributed by atoms with van der Waals surface area (Å²) in [5.74, 6) is 0. The van der Waals surface area contributed by atoms with Crippen LogP contribution >= 0.6 is 0 Å². The second-order valence-corrected chi connectivity index (χ2v) is 18.0. The molecule has 0 aliphatic heterocycles. The third-order valence-electron chi connectivity index (χ3n) is 14.0. The fourth-order valence-electron chi connectivity index (χ4n) is 10.7. The van der Waals surface area contributed by atoms with E-state index in [0.717, 1.165) is 0 Å². The highest BCUT2D eigenvalue weighted by atomic mass is 14.2. The van der Waals surface area contributed by atoms with Crippen LogP contribution in [0.4, 0.5) is 0 Å². The van der Waals surface area contributed by atoms with Gasteiger partial charge in [0.1, 0.15) is 0 Å². The Morgan fingerprint density at radius 3 is 0.677 bits per heavy atom. The Kier molecular flexibility index (Phi) is 7.38. The Balaban J connectivity index is 1.18. The second-order valence-electron chi connectivity index (χ2n) is 18.0. The maximum absolute atomic E-state index is 2.53. The van der Waals surface area contributed by atoms with Crippen LogP contribution in [0, 0.1) is 27.7 Å². The van der Waals surface area contributed by atoms with Gasteiger partial charge in [-0.1, -0.05) is 156 Å². The predicted molar refractivity (Wildman–Crippen MR) is 270 cm³/mol. The number of rotatable bonds is 4. The van der Waals surface area contributed by atoms with E-state index in [1.165, 1.54) is 153 Å². The first-order valence-electron chi connectivity index (χ1n) is 21.9. The topological polar surface area (TPSA) is 0 Å². The fraction of sp³-hybridized carbons (Fsp3) is 0.0645. The van der Waals surface area contributed by atoms with Gasteiger partial charge in [0, 0.05) is 0 Å². The highest BCUT2D eigenvalue weighted by Gasteiger charge is 2.22. The summed E-state index contributed by atoms with van der Waals surface area (Å²) in [7, 11) is 0. The predicted octanol–water partition coefficient (Wildman–Crippen LogP) is 17.7. The first kappa shape index (κ1) is 35.2. The minimum atomic E-state index is 1.24. The lowest BCUT2D eigenvalue weighted by Gasteiger charge is -2.14. The molecule has 0 spiro atoms. The molecule has 62 heavy (non-hydrogen) atoms. The Morgan fingerprint density at radius 1 is 0.161 bits per heavy atom. The van der Waals surface area contributed by atoms with Crippen LogP contribution in [0.5, 0.6) is 0 Å².